The number of urea groups is 1. The molecule has 3 heterocycles. The summed E-state index contributed by atoms with van der Waals surface area (Å²) in [5, 5.41) is 5.67. The molecule has 29 heavy (non-hydrogen) atoms. The Morgan fingerprint density at radius 1 is 1.28 bits per heavy atom. The van der Waals surface area contributed by atoms with Gasteiger partial charge in [0.15, 0.2) is 6.54 Å². The van der Waals surface area contributed by atoms with Gasteiger partial charge in [-0.05, 0) is 23.4 Å². The number of benzene rings is 1. The number of likely N-dealkylation sites (tertiary alicyclic amines) is 1. The highest BCUT2D eigenvalue weighted by atomic mass is 32.1. The number of hydrogen-bond acceptors (Lipinski definition) is 4. The highest BCUT2D eigenvalue weighted by Gasteiger charge is 2.52. The van der Waals surface area contributed by atoms with Gasteiger partial charge in [-0.25, -0.2) is 4.79 Å². The molecule has 0 aliphatic carbocycles. The molecule has 4 rings (SSSR count). The lowest BCUT2D eigenvalue weighted by molar-refractivity contribution is -0.910. The molecule has 2 fully saturated rings. The summed E-state index contributed by atoms with van der Waals surface area (Å²) in [4.78, 5) is 40.8. The quantitative estimate of drug-likeness (QED) is 0.626. The summed E-state index contributed by atoms with van der Waals surface area (Å²) in [5.41, 5.74) is 2.11. The van der Waals surface area contributed by atoms with Crippen LogP contribution >= 0.6 is 11.3 Å². The van der Waals surface area contributed by atoms with Gasteiger partial charge in [0.05, 0.1) is 11.4 Å². The van der Waals surface area contributed by atoms with E-state index in [-0.39, 0.29) is 12.5 Å². The Morgan fingerprint density at radius 3 is 2.76 bits per heavy atom. The fraction of sp³-hybridized carbons (Fsp3) is 0.381. The Kier molecular flexibility index (Phi) is 5.38. The molecule has 1 aromatic heterocycles. The minimum atomic E-state index is -1.15. The van der Waals surface area contributed by atoms with Gasteiger partial charge in [-0.2, -0.15) is 5.01 Å². The smallest absolute Gasteiger partial charge is 0.320 e. The molecule has 8 heteroatoms. The van der Waals surface area contributed by atoms with Crippen LogP contribution < -0.4 is 15.6 Å². The van der Waals surface area contributed by atoms with Gasteiger partial charge in [-0.3, -0.25) is 15.0 Å². The number of quaternary nitrogens is 1. The predicted molar refractivity (Wildman–Crippen MR) is 109 cm³/mol. The van der Waals surface area contributed by atoms with Crippen molar-refractivity contribution in [3.05, 3.63) is 58.3 Å². The Morgan fingerprint density at radius 2 is 2.07 bits per heavy atom. The fourth-order valence-electron chi connectivity index (χ4n) is 4.37. The molecule has 4 amide bonds. The number of thiophene rings is 1. The average Bonchev–Trinajstić information content (AvgIpc) is 3.45. The minimum Gasteiger partial charge on any atom is -0.320 e. The van der Waals surface area contributed by atoms with E-state index >= 15 is 0 Å². The number of imide groups is 1. The summed E-state index contributed by atoms with van der Waals surface area (Å²) in [6, 6.07) is 13.0. The molecule has 3 N–H and O–H groups in total. The lowest BCUT2D eigenvalue weighted by Crippen LogP contribution is -3.11. The SMILES string of the molecule is CC[C@]1(c2ccccc2)NC(=O)N(NC(=O)C[NH+]2CCC[C@@H]2c2cccs2)C1=O. The summed E-state index contributed by atoms with van der Waals surface area (Å²) in [5.74, 6) is -0.775. The van der Waals surface area contributed by atoms with Gasteiger partial charge in [-0.15, -0.1) is 11.3 Å². The minimum absolute atomic E-state index is 0.226. The van der Waals surface area contributed by atoms with Crippen molar-refractivity contribution in [1.29, 1.82) is 0 Å². The highest BCUT2D eigenvalue weighted by Crippen LogP contribution is 2.31. The number of nitrogens with one attached hydrogen (secondary N) is 3. The molecule has 0 spiro atoms. The van der Waals surface area contributed by atoms with E-state index in [1.54, 1.807) is 11.3 Å². The summed E-state index contributed by atoms with van der Waals surface area (Å²) in [6.45, 7) is 2.97. The normalized spacial score (nSPS) is 26.6. The van der Waals surface area contributed by atoms with E-state index in [0.717, 1.165) is 24.4 Å². The Balaban J connectivity index is 1.46. The van der Waals surface area contributed by atoms with Crippen molar-refractivity contribution < 1.29 is 19.3 Å². The van der Waals surface area contributed by atoms with E-state index in [4.69, 9.17) is 0 Å². The van der Waals surface area contributed by atoms with Crippen molar-refractivity contribution in [2.45, 2.75) is 37.8 Å². The summed E-state index contributed by atoms with van der Waals surface area (Å²) in [7, 11) is 0. The molecular weight excluding hydrogens is 388 g/mol. The molecule has 7 nitrogen and oxygen atoms in total. The number of carbonyl (C=O) groups excluding carboxylic acids is 3. The number of amides is 4. The van der Waals surface area contributed by atoms with Gasteiger partial charge >= 0.3 is 6.03 Å². The standard InChI is InChI=1S/C21H24N4O3S/c1-2-21(15-8-4-3-5-9-15)19(27)25(20(28)22-21)23-18(26)14-24-12-6-10-16(24)17-11-7-13-29-17/h3-5,7-9,11,13,16H,2,6,10,12,14H2,1H3,(H,22,28)(H,23,26)/p+1/t16-,21-/m1/s1. The Bertz CT molecular complexity index is 902. The second-order valence-electron chi connectivity index (χ2n) is 7.53. The van der Waals surface area contributed by atoms with Crippen LogP contribution in [-0.4, -0.2) is 35.9 Å². The van der Waals surface area contributed by atoms with Crippen molar-refractivity contribution in [3.8, 4) is 0 Å². The molecule has 0 saturated carbocycles. The fourth-order valence-corrected chi connectivity index (χ4v) is 5.29. The predicted octanol–water partition coefficient (Wildman–Crippen LogP) is 1.36. The van der Waals surface area contributed by atoms with Crippen LogP contribution in [0, 0.1) is 0 Å². The third-order valence-electron chi connectivity index (χ3n) is 5.88. The molecule has 2 aliphatic heterocycles. The number of nitrogens with zero attached hydrogens (tertiary/aromatic N) is 1. The summed E-state index contributed by atoms with van der Waals surface area (Å²) < 4.78 is 0. The topological polar surface area (TPSA) is 83.0 Å². The van der Waals surface area contributed by atoms with Gasteiger partial charge < -0.3 is 10.2 Å². The molecule has 2 aromatic rings. The molecule has 1 aromatic carbocycles. The average molecular weight is 414 g/mol. The molecule has 2 aliphatic rings. The third-order valence-corrected chi connectivity index (χ3v) is 6.87. The number of hydrazine groups is 1. The second-order valence-corrected chi connectivity index (χ2v) is 8.51. The molecule has 1 unspecified atom stereocenters. The monoisotopic (exact) mass is 413 g/mol. The molecular formula is C21H25N4O3S+. The van der Waals surface area contributed by atoms with Crippen molar-refractivity contribution in [2.75, 3.05) is 13.1 Å². The Hall–Kier alpha value is -2.71. The number of hydrogen-bond donors (Lipinski definition) is 3. The van der Waals surface area contributed by atoms with Gasteiger partial charge in [-0.1, -0.05) is 43.3 Å². The van der Waals surface area contributed by atoms with Crippen LogP contribution in [0.25, 0.3) is 0 Å². The largest absolute Gasteiger partial charge is 0.344 e. The van der Waals surface area contributed by atoms with Crippen LogP contribution in [-0.2, 0) is 15.1 Å². The van der Waals surface area contributed by atoms with Gasteiger partial charge in [0.1, 0.15) is 11.6 Å². The van der Waals surface area contributed by atoms with E-state index in [9.17, 15) is 14.4 Å². The third kappa shape index (κ3) is 3.54. The first-order valence-corrected chi connectivity index (χ1v) is 10.8. The summed E-state index contributed by atoms with van der Waals surface area (Å²) >= 11 is 1.70. The first kappa shape index (κ1) is 19.6. The highest BCUT2D eigenvalue weighted by molar-refractivity contribution is 7.10. The van der Waals surface area contributed by atoms with E-state index in [0.29, 0.717) is 18.0 Å². The van der Waals surface area contributed by atoms with Crippen molar-refractivity contribution in [2.24, 2.45) is 0 Å². The van der Waals surface area contributed by atoms with Crippen LogP contribution in [0.5, 0.6) is 0 Å². The lowest BCUT2D eigenvalue weighted by atomic mass is 9.87. The zero-order valence-electron chi connectivity index (χ0n) is 16.3. The van der Waals surface area contributed by atoms with Crippen LogP contribution in [0.1, 0.15) is 42.7 Å². The number of rotatable bonds is 6. The van der Waals surface area contributed by atoms with Gasteiger partial charge in [0, 0.05) is 12.8 Å². The molecule has 2 saturated heterocycles. The van der Waals surface area contributed by atoms with Crippen LogP contribution in [0.3, 0.4) is 0 Å². The summed E-state index contributed by atoms with van der Waals surface area (Å²) in [6.07, 6.45) is 2.49. The molecule has 3 atom stereocenters. The zero-order valence-corrected chi connectivity index (χ0v) is 17.1. The lowest BCUT2D eigenvalue weighted by Gasteiger charge is -2.26. The maximum absolute atomic E-state index is 13.1. The molecule has 0 radical (unpaired) electrons. The van der Waals surface area contributed by atoms with Crippen LogP contribution in [0.2, 0.25) is 0 Å². The first-order valence-electron chi connectivity index (χ1n) is 9.95. The van der Waals surface area contributed by atoms with Crippen molar-refractivity contribution in [1.82, 2.24) is 15.8 Å². The van der Waals surface area contributed by atoms with E-state index in [1.165, 1.54) is 9.78 Å². The van der Waals surface area contributed by atoms with Gasteiger partial charge in [0.2, 0.25) is 0 Å². The van der Waals surface area contributed by atoms with E-state index in [1.807, 2.05) is 48.7 Å². The van der Waals surface area contributed by atoms with E-state index in [2.05, 4.69) is 16.8 Å². The number of carbonyl (C=O) groups is 3. The molecule has 0 bridgehead atoms. The van der Waals surface area contributed by atoms with Crippen molar-refractivity contribution in [3.63, 3.8) is 0 Å². The van der Waals surface area contributed by atoms with Gasteiger partial charge in [0.25, 0.3) is 11.8 Å². The van der Waals surface area contributed by atoms with Crippen molar-refractivity contribution >= 4 is 29.2 Å². The second kappa shape index (κ2) is 7.96. The Labute approximate surface area is 173 Å². The maximum Gasteiger partial charge on any atom is 0.344 e. The maximum atomic E-state index is 13.1. The first-order chi connectivity index (χ1) is 14.0. The van der Waals surface area contributed by atoms with Crippen LogP contribution in [0.15, 0.2) is 47.8 Å². The zero-order chi connectivity index (χ0) is 20.4. The molecule has 152 valence electrons. The van der Waals surface area contributed by atoms with E-state index < -0.39 is 17.5 Å². The van der Waals surface area contributed by atoms with Crippen LogP contribution in [0.4, 0.5) is 4.79 Å².